The van der Waals surface area contributed by atoms with Gasteiger partial charge in [0.05, 0.1) is 19.3 Å². The molecule has 1 aliphatic rings. The van der Waals surface area contributed by atoms with Crippen LogP contribution in [0, 0.1) is 22.6 Å². The number of nitriles is 1. The van der Waals surface area contributed by atoms with Gasteiger partial charge in [-0.15, -0.1) is 0 Å². The van der Waals surface area contributed by atoms with Gasteiger partial charge in [0.15, 0.2) is 11.2 Å². The molecule has 0 atom stereocenters. The van der Waals surface area contributed by atoms with Crippen LogP contribution in [-0.4, -0.2) is 19.0 Å². The van der Waals surface area contributed by atoms with Gasteiger partial charge in [-0.1, -0.05) is 12.1 Å². The Morgan fingerprint density at radius 2 is 2.27 bits per heavy atom. The normalized spacial score (nSPS) is 17.6. The maximum Gasteiger partial charge on any atom is 0.187 e. The average Bonchev–Trinajstić information content (AvgIpc) is 2.17. The molecule has 0 spiro atoms. The molecule has 15 heavy (non-hydrogen) atoms. The summed E-state index contributed by atoms with van der Waals surface area (Å²) in [5.41, 5.74) is -0.881. The lowest BCUT2D eigenvalue weighted by Crippen LogP contribution is -2.47. The molecule has 1 saturated heterocycles. The zero-order valence-corrected chi connectivity index (χ0v) is 7.87. The maximum atomic E-state index is 12.9. The summed E-state index contributed by atoms with van der Waals surface area (Å²) in [4.78, 5) is 11.9. The summed E-state index contributed by atoms with van der Waals surface area (Å²) in [6.45, 7) is 0.192. The molecule has 0 radical (unpaired) electrons. The van der Waals surface area contributed by atoms with Crippen molar-refractivity contribution in [1.29, 1.82) is 5.26 Å². The quantitative estimate of drug-likeness (QED) is 0.688. The second-order valence-corrected chi connectivity index (χ2v) is 3.53. The first-order chi connectivity index (χ1) is 7.18. The van der Waals surface area contributed by atoms with E-state index in [0.717, 1.165) is 6.07 Å². The van der Waals surface area contributed by atoms with Gasteiger partial charge in [-0.2, -0.15) is 5.26 Å². The van der Waals surface area contributed by atoms with E-state index in [4.69, 9.17) is 10.00 Å². The summed E-state index contributed by atoms with van der Waals surface area (Å²) in [5, 5.41) is 8.89. The van der Waals surface area contributed by atoms with Crippen molar-refractivity contribution < 1.29 is 13.9 Å². The Labute approximate surface area is 86.1 Å². The Kier molecular flexibility index (Phi) is 2.25. The highest BCUT2D eigenvalue weighted by molar-refractivity contribution is 6.03. The van der Waals surface area contributed by atoms with Gasteiger partial charge in [-0.3, -0.25) is 4.79 Å². The van der Waals surface area contributed by atoms with Crippen molar-refractivity contribution >= 4 is 5.78 Å². The molecule has 76 valence electrons. The van der Waals surface area contributed by atoms with Crippen molar-refractivity contribution in [2.45, 2.75) is 0 Å². The summed E-state index contributed by atoms with van der Waals surface area (Å²) < 4.78 is 17.7. The lowest BCUT2D eigenvalue weighted by molar-refractivity contribution is -0.0566. The van der Waals surface area contributed by atoms with Gasteiger partial charge in [0.1, 0.15) is 5.82 Å². The van der Waals surface area contributed by atoms with Crippen molar-refractivity contribution in [3.8, 4) is 6.07 Å². The van der Waals surface area contributed by atoms with E-state index >= 15 is 0 Å². The van der Waals surface area contributed by atoms with Crippen LogP contribution >= 0.6 is 0 Å². The molecule has 1 aromatic rings. The van der Waals surface area contributed by atoms with Gasteiger partial charge < -0.3 is 4.74 Å². The van der Waals surface area contributed by atoms with Gasteiger partial charge in [-0.25, -0.2) is 4.39 Å². The lowest BCUT2D eigenvalue weighted by atomic mass is 9.80. The number of ether oxygens (including phenoxy) is 1. The SMILES string of the molecule is N#CC1(C(=O)c2cccc(F)c2)COC1. The van der Waals surface area contributed by atoms with Crippen LogP contribution in [0.3, 0.4) is 0 Å². The van der Waals surface area contributed by atoms with E-state index in [1.165, 1.54) is 18.2 Å². The summed E-state index contributed by atoms with van der Waals surface area (Å²) in [6.07, 6.45) is 0. The fraction of sp³-hybridized carbons (Fsp3) is 0.273. The molecule has 1 aromatic carbocycles. The third-order valence-corrected chi connectivity index (χ3v) is 2.43. The number of ketones is 1. The molecule has 1 aliphatic heterocycles. The molecular formula is C11H8FNO2. The summed E-state index contributed by atoms with van der Waals surface area (Å²) >= 11 is 0. The molecule has 0 saturated carbocycles. The fourth-order valence-corrected chi connectivity index (χ4v) is 1.46. The fourth-order valence-electron chi connectivity index (χ4n) is 1.46. The number of nitrogens with zero attached hydrogens (tertiary/aromatic N) is 1. The molecular weight excluding hydrogens is 197 g/mol. The number of halogens is 1. The zero-order valence-electron chi connectivity index (χ0n) is 7.87. The highest BCUT2D eigenvalue weighted by Crippen LogP contribution is 2.30. The predicted octanol–water partition coefficient (Wildman–Crippen LogP) is 1.55. The largest absolute Gasteiger partial charge is 0.377 e. The first-order valence-electron chi connectivity index (χ1n) is 4.47. The zero-order chi connectivity index (χ0) is 10.9. The van der Waals surface area contributed by atoms with Crippen LogP contribution in [0.25, 0.3) is 0 Å². The van der Waals surface area contributed by atoms with E-state index in [0.29, 0.717) is 0 Å². The Balaban J connectivity index is 2.33. The van der Waals surface area contributed by atoms with Crippen LogP contribution in [-0.2, 0) is 4.74 Å². The highest BCUT2D eigenvalue weighted by atomic mass is 19.1. The number of hydrogen-bond acceptors (Lipinski definition) is 3. The smallest absolute Gasteiger partial charge is 0.187 e. The number of carbonyl (C=O) groups is 1. The van der Waals surface area contributed by atoms with Gasteiger partial charge in [0, 0.05) is 5.56 Å². The van der Waals surface area contributed by atoms with Gasteiger partial charge in [0.2, 0.25) is 0 Å². The number of benzene rings is 1. The van der Waals surface area contributed by atoms with E-state index in [9.17, 15) is 9.18 Å². The lowest BCUT2D eigenvalue weighted by Gasteiger charge is -2.33. The minimum Gasteiger partial charge on any atom is -0.377 e. The maximum absolute atomic E-state index is 12.9. The molecule has 4 heteroatoms. The Morgan fingerprint density at radius 1 is 1.53 bits per heavy atom. The number of carbonyl (C=O) groups excluding carboxylic acids is 1. The summed E-state index contributed by atoms with van der Waals surface area (Å²) in [5.74, 6) is -0.843. The van der Waals surface area contributed by atoms with E-state index in [1.54, 1.807) is 0 Å². The van der Waals surface area contributed by atoms with Gasteiger partial charge in [0.25, 0.3) is 0 Å². The molecule has 0 N–H and O–H groups in total. The third-order valence-electron chi connectivity index (χ3n) is 2.43. The number of Topliss-reactive ketones (excluding diaryl/α,β-unsaturated/α-hetero) is 1. The molecule has 0 bridgehead atoms. The van der Waals surface area contributed by atoms with Crippen LogP contribution < -0.4 is 0 Å². The second kappa shape index (κ2) is 3.44. The molecule has 3 nitrogen and oxygen atoms in total. The van der Waals surface area contributed by atoms with Crippen molar-refractivity contribution in [1.82, 2.24) is 0 Å². The summed E-state index contributed by atoms with van der Waals surface area (Å²) in [6, 6.07) is 7.29. The van der Waals surface area contributed by atoms with Crippen molar-refractivity contribution in [3.05, 3.63) is 35.6 Å². The Morgan fingerprint density at radius 3 is 2.73 bits per heavy atom. The first-order valence-corrected chi connectivity index (χ1v) is 4.47. The molecule has 1 fully saturated rings. The molecule has 1 heterocycles. The Hall–Kier alpha value is -1.73. The van der Waals surface area contributed by atoms with Crippen molar-refractivity contribution in [3.63, 3.8) is 0 Å². The minimum atomic E-state index is -1.10. The van der Waals surface area contributed by atoms with Crippen molar-refractivity contribution in [2.75, 3.05) is 13.2 Å². The molecule has 0 unspecified atom stereocenters. The molecule has 0 aliphatic carbocycles. The molecule has 0 amide bonds. The minimum absolute atomic E-state index is 0.0961. The van der Waals surface area contributed by atoms with E-state index in [-0.39, 0.29) is 24.6 Å². The van der Waals surface area contributed by atoms with Gasteiger partial charge in [-0.05, 0) is 12.1 Å². The van der Waals surface area contributed by atoms with Crippen LogP contribution in [0.4, 0.5) is 4.39 Å². The number of hydrogen-bond donors (Lipinski definition) is 0. The van der Waals surface area contributed by atoms with Gasteiger partial charge >= 0.3 is 0 Å². The first kappa shape index (κ1) is 9.81. The predicted molar refractivity (Wildman–Crippen MR) is 49.6 cm³/mol. The van der Waals surface area contributed by atoms with Crippen LogP contribution in [0.5, 0.6) is 0 Å². The third kappa shape index (κ3) is 1.51. The van der Waals surface area contributed by atoms with E-state index in [2.05, 4.69) is 0 Å². The van der Waals surface area contributed by atoms with Crippen LogP contribution in [0.2, 0.25) is 0 Å². The standard InChI is InChI=1S/C11H8FNO2/c12-9-3-1-2-8(4-9)10(14)11(5-13)6-15-7-11/h1-4H,6-7H2. The van der Waals surface area contributed by atoms with Crippen LogP contribution in [0.15, 0.2) is 24.3 Å². The summed E-state index contributed by atoms with van der Waals surface area (Å²) in [7, 11) is 0. The molecule has 0 aromatic heterocycles. The average molecular weight is 205 g/mol. The van der Waals surface area contributed by atoms with E-state index < -0.39 is 11.2 Å². The van der Waals surface area contributed by atoms with E-state index in [1.807, 2.05) is 6.07 Å². The van der Waals surface area contributed by atoms with Crippen molar-refractivity contribution in [2.24, 2.45) is 5.41 Å². The monoisotopic (exact) mass is 205 g/mol. The topological polar surface area (TPSA) is 50.1 Å². The second-order valence-electron chi connectivity index (χ2n) is 3.53. The highest BCUT2D eigenvalue weighted by Gasteiger charge is 2.46. The Bertz CT molecular complexity index is 446. The molecule has 2 rings (SSSR count). The number of rotatable bonds is 2. The van der Waals surface area contributed by atoms with Crippen LogP contribution in [0.1, 0.15) is 10.4 Å².